The van der Waals surface area contributed by atoms with E-state index >= 15 is 0 Å². The summed E-state index contributed by atoms with van der Waals surface area (Å²) in [7, 11) is 0. The van der Waals surface area contributed by atoms with E-state index in [1.165, 1.54) is 0 Å². The number of ether oxygens (including phenoxy) is 1. The first-order chi connectivity index (χ1) is 11.3. The van der Waals surface area contributed by atoms with Gasteiger partial charge in [-0.15, -0.1) is 0 Å². The predicted molar refractivity (Wildman–Crippen MR) is 84.7 cm³/mol. The van der Waals surface area contributed by atoms with Gasteiger partial charge in [0.25, 0.3) is 0 Å². The summed E-state index contributed by atoms with van der Waals surface area (Å²) in [5.74, 6) is -0.790. The zero-order chi connectivity index (χ0) is 16.1. The van der Waals surface area contributed by atoms with Crippen LogP contribution in [0.1, 0.15) is 15.9 Å². The Morgan fingerprint density at radius 1 is 1.30 bits per heavy atom. The number of nitrogens with zero attached hydrogens (tertiary/aromatic N) is 3. The number of hydrogen-bond acceptors (Lipinski definition) is 4. The first-order valence-electron chi connectivity index (χ1n) is 7.28. The molecule has 0 N–H and O–H groups in total. The Hall–Kier alpha value is -3.13. The van der Waals surface area contributed by atoms with Gasteiger partial charge in [-0.25, -0.2) is 9.78 Å². The van der Waals surface area contributed by atoms with Crippen molar-refractivity contribution in [2.75, 3.05) is 6.61 Å². The first-order valence-corrected chi connectivity index (χ1v) is 7.28. The Balaban J connectivity index is 1.62. The van der Waals surface area contributed by atoms with Gasteiger partial charge in [0.05, 0.1) is 35.6 Å². The van der Waals surface area contributed by atoms with Crippen LogP contribution in [-0.2, 0) is 11.2 Å². The van der Waals surface area contributed by atoms with Gasteiger partial charge in [0, 0.05) is 6.20 Å². The van der Waals surface area contributed by atoms with Gasteiger partial charge in [-0.05, 0) is 24.1 Å². The van der Waals surface area contributed by atoms with Gasteiger partial charge >= 0.3 is 5.97 Å². The molecule has 0 aliphatic carbocycles. The number of carbonyl (C=O) groups is 1. The minimum absolute atomic E-state index is 0.0780. The third-order valence-electron chi connectivity index (χ3n) is 3.57. The summed E-state index contributed by atoms with van der Waals surface area (Å²) >= 11 is 0. The number of benzene rings is 1. The van der Waals surface area contributed by atoms with E-state index in [0.717, 1.165) is 11.1 Å². The van der Waals surface area contributed by atoms with E-state index < -0.39 is 5.97 Å². The van der Waals surface area contributed by atoms with Crippen LogP contribution in [-0.4, -0.2) is 22.0 Å². The number of esters is 1. The van der Waals surface area contributed by atoms with Gasteiger partial charge in [0.1, 0.15) is 6.61 Å². The van der Waals surface area contributed by atoms with E-state index in [1.807, 2.05) is 34.7 Å². The summed E-state index contributed by atoms with van der Waals surface area (Å²) < 4.78 is 7.10. The monoisotopic (exact) mass is 305 g/mol. The molecule has 0 saturated carbocycles. The van der Waals surface area contributed by atoms with Gasteiger partial charge in [-0.1, -0.05) is 30.3 Å². The number of hydrogen-bond donors (Lipinski definition) is 0. The third kappa shape index (κ3) is 3.55. The standard InChI is InChI=1S/C18H15N3O2/c19-10-15(8-14-4-2-1-3-5-14)12-23-18(22)16-6-7-21-13-20-11-17(21)9-16/h1-7,9,11,13,15H,8,12H2/t15-/m1/s1. The van der Waals surface area contributed by atoms with Crippen molar-refractivity contribution in [1.82, 2.24) is 9.38 Å². The lowest BCUT2D eigenvalue weighted by atomic mass is 10.0. The topological polar surface area (TPSA) is 67.4 Å². The van der Waals surface area contributed by atoms with E-state index in [-0.39, 0.29) is 12.5 Å². The van der Waals surface area contributed by atoms with E-state index in [9.17, 15) is 10.1 Å². The Kier molecular flexibility index (Phi) is 4.34. The molecule has 0 aliphatic heterocycles. The van der Waals surface area contributed by atoms with E-state index in [0.29, 0.717) is 12.0 Å². The summed E-state index contributed by atoms with van der Waals surface area (Å²) in [6, 6.07) is 15.3. The maximum absolute atomic E-state index is 12.1. The van der Waals surface area contributed by atoms with Crippen molar-refractivity contribution < 1.29 is 9.53 Å². The van der Waals surface area contributed by atoms with Crippen molar-refractivity contribution in [3.8, 4) is 6.07 Å². The van der Waals surface area contributed by atoms with Gasteiger partial charge in [0.15, 0.2) is 0 Å². The molecule has 23 heavy (non-hydrogen) atoms. The number of pyridine rings is 1. The number of imidazole rings is 1. The van der Waals surface area contributed by atoms with Crippen molar-refractivity contribution >= 4 is 11.5 Å². The Morgan fingerprint density at radius 3 is 2.91 bits per heavy atom. The van der Waals surface area contributed by atoms with Gasteiger partial charge < -0.3 is 9.14 Å². The SMILES string of the molecule is N#C[C@H](COC(=O)c1ccn2cncc2c1)Cc1ccccc1. The second-order valence-corrected chi connectivity index (χ2v) is 5.26. The number of nitriles is 1. The highest BCUT2D eigenvalue weighted by molar-refractivity contribution is 5.90. The molecule has 5 nitrogen and oxygen atoms in total. The summed E-state index contributed by atoms with van der Waals surface area (Å²) in [5, 5.41) is 9.23. The molecule has 0 saturated heterocycles. The summed E-state index contributed by atoms with van der Waals surface area (Å²) in [4.78, 5) is 16.1. The maximum Gasteiger partial charge on any atom is 0.338 e. The van der Waals surface area contributed by atoms with Crippen LogP contribution in [0, 0.1) is 17.2 Å². The molecule has 3 aromatic rings. The summed E-state index contributed by atoms with van der Waals surface area (Å²) in [6.07, 6.45) is 5.65. The largest absolute Gasteiger partial charge is 0.461 e. The quantitative estimate of drug-likeness (QED) is 0.680. The van der Waals surface area contributed by atoms with Crippen molar-refractivity contribution in [3.63, 3.8) is 0 Å². The van der Waals surface area contributed by atoms with Crippen molar-refractivity contribution in [3.05, 3.63) is 72.3 Å². The second-order valence-electron chi connectivity index (χ2n) is 5.26. The van der Waals surface area contributed by atoms with Crippen LogP contribution in [0.3, 0.4) is 0 Å². The fourth-order valence-corrected chi connectivity index (χ4v) is 2.35. The van der Waals surface area contributed by atoms with E-state index in [4.69, 9.17) is 4.74 Å². The first kappa shape index (κ1) is 14.8. The van der Waals surface area contributed by atoms with Crippen LogP contribution >= 0.6 is 0 Å². The molecule has 0 unspecified atom stereocenters. The lowest BCUT2D eigenvalue weighted by Gasteiger charge is -2.10. The summed E-state index contributed by atoms with van der Waals surface area (Å²) in [5.41, 5.74) is 2.32. The molecular formula is C18H15N3O2. The molecule has 1 atom stereocenters. The van der Waals surface area contributed by atoms with Gasteiger partial charge in [-0.2, -0.15) is 5.26 Å². The fraction of sp³-hybridized carbons (Fsp3) is 0.167. The van der Waals surface area contributed by atoms with E-state index in [2.05, 4.69) is 11.1 Å². The number of carbonyl (C=O) groups excluding carboxylic acids is 1. The highest BCUT2D eigenvalue weighted by atomic mass is 16.5. The lowest BCUT2D eigenvalue weighted by Crippen LogP contribution is -2.15. The Labute approximate surface area is 133 Å². The molecular weight excluding hydrogens is 290 g/mol. The van der Waals surface area contributed by atoms with Crippen LogP contribution in [0.5, 0.6) is 0 Å². The minimum atomic E-state index is -0.429. The van der Waals surface area contributed by atoms with Crippen LogP contribution < -0.4 is 0 Å². The van der Waals surface area contributed by atoms with Gasteiger partial charge in [0.2, 0.25) is 0 Å². The molecule has 0 fully saturated rings. The normalized spacial score (nSPS) is 11.8. The molecule has 2 aromatic heterocycles. The van der Waals surface area contributed by atoms with Crippen LogP contribution in [0.25, 0.3) is 5.52 Å². The predicted octanol–water partition coefficient (Wildman–Crippen LogP) is 2.87. The van der Waals surface area contributed by atoms with Crippen LogP contribution in [0.4, 0.5) is 0 Å². The third-order valence-corrected chi connectivity index (χ3v) is 3.57. The fourth-order valence-electron chi connectivity index (χ4n) is 2.35. The molecule has 0 bridgehead atoms. The van der Waals surface area contributed by atoms with Gasteiger partial charge in [-0.3, -0.25) is 0 Å². The minimum Gasteiger partial charge on any atom is -0.461 e. The zero-order valence-corrected chi connectivity index (χ0v) is 12.4. The van der Waals surface area contributed by atoms with Crippen LogP contribution in [0.15, 0.2) is 61.2 Å². The lowest BCUT2D eigenvalue weighted by molar-refractivity contribution is 0.0468. The number of aromatic nitrogens is 2. The Morgan fingerprint density at radius 2 is 2.13 bits per heavy atom. The Bertz CT molecular complexity index is 849. The van der Waals surface area contributed by atoms with Crippen molar-refractivity contribution in [1.29, 1.82) is 5.26 Å². The molecule has 1 aromatic carbocycles. The highest BCUT2D eigenvalue weighted by Crippen LogP contribution is 2.11. The molecule has 2 heterocycles. The molecule has 5 heteroatoms. The molecule has 3 rings (SSSR count). The summed E-state index contributed by atoms with van der Waals surface area (Å²) in [6.45, 7) is 0.0780. The molecule has 0 aliphatic rings. The molecule has 0 radical (unpaired) electrons. The van der Waals surface area contributed by atoms with E-state index in [1.54, 1.807) is 30.9 Å². The average Bonchev–Trinajstić information content (AvgIpc) is 3.06. The number of rotatable bonds is 5. The smallest absolute Gasteiger partial charge is 0.338 e. The van der Waals surface area contributed by atoms with Crippen LogP contribution in [0.2, 0.25) is 0 Å². The maximum atomic E-state index is 12.1. The highest BCUT2D eigenvalue weighted by Gasteiger charge is 2.14. The second kappa shape index (κ2) is 6.75. The molecule has 0 amide bonds. The van der Waals surface area contributed by atoms with Crippen molar-refractivity contribution in [2.24, 2.45) is 5.92 Å². The average molecular weight is 305 g/mol. The molecule has 114 valence electrons. The number of fused-ring (bicyclic) bond motifs is 1. The molecule has 0 spiro atoms. The zero-order valence-electron chi connectivity index (χ0n) is 12.4. The van der Waals surface area contributed by atoms with Crippen molar-refractivity contribution in [2.45, 2.75) is 6.42 Å².